The van der Waals surface area contributed by atoms with Crippen LogP contribution in [0.3, 0.4) is 0 Å². The molecule has 3 aromatic carbocycles. The molecular weight excluding hydrogens is 559 g/mol. The number of likely N-dealkylation sites (N-methyl/N-ethyl adjacent to an activating group) is 2. The summed E-state index contributed by atoms with van der Waals surface area (Å²) in [5.41, 5.74) is 7.94. The summed E-state index contributed by atoms with van der Waals surface area (Å²) in [7, 11) is 3.11. The highest BCUT2D eigenvalue weighted by Crippen LogP contribution is 2.21. The van der Waals surface area contributed by atoms with E-state index in [1.54, 1.807) is 26.1 Å². The summed E-state index contributed by atoms with van der Waals surface area (Å²) in [5.74, 6) is -1.66. The number of hydrogen-bond donors (Lipinski definition) is 3. The fourth-order valence-electron chi connectivity index (χ4n) is 5.22. The van der Waals surface area contributed by atoms with E-state index in [-0.39, 0.29) is 25.3 Å². The number of halogens is 1. The lowest BCUT2D eigenvalue weighted by Gasteiger charge is -2.34. The van der Waals surface area contributed by atoms with Crippen LogP contribution >= 0.6 is 0 Å². The Balaban J connectivity index is 1.99. The summed E-state index contributed by atoms with van der Waals surface area (Å²) in [6.07, 6.45) is 1.53. The van der Waals surface area contributed by atoms with Crippen molar-refractivity contribution in [2.45, 2.75) is 70.7 Å². The third kappa shape index (κ3) is 9.99. The highest BCUT2D eigenvalue weighted by atomic mass is 19.1. The molecule has 4 N–H and O–H groups in total. The Morgan fingerprint density at radius 2 is 1.52 bits per heavy atom. The molecule has 9 heteroatoms. The SMILES string of the molecule is CC(=CC(=O)N(C)[C@H](Cc1ccc2ccccc2c1)C(=O)N(C)[C@H](Cc1ccc(F)cc1)C(=O)NC[C@@H](C)O)CC(C)(C)N. The normalized spacial score (nSPS) is 14.1. The molecule has 0 aliphatic rings. The Labute approximate surface area is 259 Å². The van der Waals surface area contributed by atoms with Crippen LogP contribution < -0.4 is 11.1 Å². The predicted octanol–water partition coefficient (Wildman–Crippen LogP) is 3.99. The molecule has 3 amide bonds. The molecule has 0 aliphatic heterocycles. The van der Waals surface area contributed by atoms with Gasteiger partial charge in [0.2, 0.25) is 17.7 Å². The monoisotopic (exact) mass is 604 g/mol. The highest BCUT2D eigenvalue weighted by molar-refractivity contribution is 5.95. The summed E-state index contributed by atoms with van der Waals surface area (Å²) >= 11 is 0. The van der Waals surface area contributed by atoms with E-state index in [2.05, 4.69) is 5.32 Å². The van der Waals surface area contributed by atoms with Crippen molar-refractivity contribution < 1.29 is 23.9 Å². The second-order valence-corrected chi connectivity index (χ2v) is 12.4. The van der Waals surface area contributed by atoms with Crippen LogP contribution in [-0.2, 0) is 27.2 Å². The molecule has 0 saturated heterocycles. The smallest absolute Gasteiger partial charge is 0.246 e. The molecule has 8 nitrogen and oxygen atoms in total. The first-order valence-electron chi connectivity index (χ1n) is 14.8. The molecule has 236 valence electrons. The number of hydrogen-bond acceptors (Lipinski definition) is 5. The van der Waals surface area contributed by atoms with Crippen LogP contribution in [0.25, 0.3) is 10.8 Å². The zero-order chi connectivity index (χ0) is 32.6. The van der Waals surface area contributed by atoms with Gasteiger partial charge in [0.1, 0.15) is 17.9 Å². The zero-order valence-corrected chi connectivity index (χ0v) is 26.5. The fourth-order valence-corrected chi connectivity index (χ4v) is 5.22. The van der Waals surface area contributed by atoms with Gasteiger partial charge in [-0.15, -0.1) is 0 Å². The molecule has 3 atom stereocenters. The van der Waals surface area contributed by atoms with Gasteiger partial charge in [0.05, 0.1) is 6.10 Å². The molecule has 0 spiro atoms. The highest BCUT2D eigenvalue weighted by Gasteiger charge is 2.35. The molecule has 3 rings (SSSR count). The number of rotatable bonds is 13. The van der Waals surface area contributed by atoms with E-state index in [0.29, 0.717) is 12.0 Å². The molecule has 0 unspecified atom stereocenters. The van der Waals surface area contributed by atoms with Gasteiger partial charge in [-0.05, 0) is 68.1 Å². The Kier molecular flexibility index (Phi) is 11.8. The minimum Gasteiger partial charge on any atom is -0.392 e. The molecule has 0 aliphatic carbocycles. The van der Waals surface area contributed by atoms with Crippen molar-refractivity contribution in [1.82, 2.24) is 15.1 Å². The average molecular weight is 605 g/mol. The number of benzene rings is 3. The third-order valence-corrected chi connectivity index (χ3v) is 7.48. The van der Waals surface area contributed by atoms with E-state index in [0.717, 1.165) is 21.9 Å². The average Bonchev–Trinajstić information content (AvgIpc) is 2.96. The Bertz CT molecular complexity index is 1480. The molecule has 0 heterocycles. The topological polar surface area (TPSA) is 116 Å². The molecule has 3 aromatic rings. The molecule has 0 aromatic heterocycles. The van der Waals surface area contributed by atoms with Gasteiger partial charge in [0.25, 0.3) is 0 Å². The summed E-state index contributed by atoms with van der Waals surface area (Å²) in [5, 5.41) is 14.5. The van der Waals surface area contributed by atoms with Crippen LogP contribution in [0.4, 0.5) is 4.39 Å². The van der Waals surface area contributed by atoms with E-state index in [1.165, 1.54) is 35.1 Å². The van der Waals surface area contributed by atoms with Crippen LogP contribution in [-0.4, -0.2) is 77.0 Å². The molecule has 0 bridgehead atoms. The van der Waals surface area contributed by atoms with Crippen molar-refractivity contribution >= 4 is 28.5 Å². The predicted molar refractivity (Wildman–Crippen MR) is 172 cm³/mol. The van der Waals surface area contributed by atoms with Gasteiger partial charge in [-0.1, -0.05) is 60.2 Å². The minimum absolute atomic E-state index is 0.00124. The standard InChI is InChI=1S/C35H45FN4O4/c1-23(21-35(3,4)37)17-32(42)39(5)31(20-26-11-14-27-9-7-8-10-28(27)18-26)34(44)40(6)30(33(43)38-22-24(2)41)19-25-12-15-29(36)16-13-25/h7-18,24,30-31,41H,19-22,37H2,1-6H3,(H,38,43)/t24-,30-,31-/m1/s1. The van der Waals surface area contributed by atoms with Gasteiger partial charge in [-0.25, -0.2) is 4.39 Å². The quantitative estimate of drug-likeness (QED) is 0.255. The lowest BCUT2D eigenvalue weighted by atomic mass is 9.96. The number of nitrogens with one attached hydrogen (secondary N) is 1. The molecule has 0 fully saturated rings. The molecular formula is C35H45FN4O4. The maximum Gasteiger partial charge on any atom is 0.246 e. The molecule has 44 heavy (non-hydrogen) atoms. The van der Waals surface area contributed by atoms with Crippen molar-refractivity contribution in [3.05, 3.63) is 95.3 Å². The number of fused-ring (bicyclic) bond motifs is 1. The number of nitrogens with two attached hydrogens (primary N) is 1. The van der Waals surface area contributed by atoms with Gasteiger partial charge in [-0.2, -0.15) is 0 Å². The second-order valence-electron chi connectivity index (χ2n) is 12.4. The van der Waals surface area contributed by atoms with Crippen molar-refractivity contribution in [2.75, 3.05) is 20.6 Å². The number of carbonyl (C=O) groups is 3. The summed E-state index contributed by atoms with van der Waals surface area (Å²) in [4.78, 5) is 43.9. The number of aliphatic hydroxyl groups is 1. The Morgan fingerprint density at radius 3 is 2.14 bits per heavy atom. The first-order chi connectivity index (χ1) is 20.6. The van der Waals surface area contributed by atoms with E-state index in [9.17, 15) is 23.9 Å². The first-order valence-corrected chi connectivity index (χ1v) is 14.8. The second kappa shape index (κ2) is 15.1. The van der Waals surface area contributed by atoms with Crippen LogP contribution in [0.2, 0.25) is 0 Å². The molecule has 0 saturated carbocycles. The molecule has 0 radical (unpaired) electrons. The summed E-state index contributed by atoms with van der Waals surface area (Å²) < 4.78 is 13.6. The van der Waals surface area contributed by atoms with Crippen molar-refractivity contribution in [1.29, 1.82) is 0 Å². The van der Waals surface area contributed by atoms with Crippen LogP contribution in [0.5, 0.6) is 0 Å². The van der Waals surface area contributed by atoms with Gasteiger partial charge in [0.15, 0.2) is 0 Å². The number of nitrogens with zero attached hydrogens (tertiary/aromatic N) is 2. The van der Waals surface area contributed by atoms with Crippen molar-refractivity contribution in [3.8, 4) is 0 Å². The number of aliphatic hydroxyl groups excluding tert-OH is 1. The number of amides is 3. The lowest BCUT2D eigenvalue weighted by Crippen LogP contribution is -2.56. The van der Waals surface area contributed by atoms with Gasteiger partial charge < -0.3 is 26.0 Å². The fraction of sp³-hybridized carbons (Fsp3) is 0.400. The largest absolute Gasteiger partial charge is 0.392 e. The maximum atomic E-state index is 14.3. The summed E-state index contributed by atoms with van der Waals surface area (Å²) in [6.45, 7) is 7.14. The third-order valence-electron chi connectivity index (χ3n) is 7.48. The van der Waals surface area contributed by atoms with Gasteiger partial charge >= 0.3 is 0 Å². The van der Waals surface area contributed by atoms with Crippen LogP contribution in [0, 0.1) is 5.82 Å². The summed E-state index contributed by atoms with van der Waals surface area (Å²) in [6, 6.07) is 17.6. The van der Waals surface area contributed by atoms with Crippen LogP contribution in [0.1, 0.15) is 45.2 Å². The Morgan fingerprint density at radius 1 is 0.932 bits per heavy atom. The zero-order valence-electron chi connectivity index (χ0n) is 26.5. The minimum atomic E-state index is -0.982. The van der Waals surface area contributed by atoms with Gasteiger partial charge in [-0.3, -0.25) is 14.4 Å². The van der Waals surface area contributed by atoms with Gasteiger partial charge in [0, 0.05) is 45.1 Å². The van der Waals surface area contributed by atoms with Crippen molar-refractivity contribution in [3.63, 3.8) is 0 Å². The van der Waals surface area contributed by atoms with Crippen molar-refractivity contribution in [2.24, 2.45) is 5.73 Å². The Hall–Kier alpha value is -4.08. The number of carbonyl (C=O) groups excluding carboxylic acids is 3. The van der Waals surface area contributed by atoms with Crippen LogP contribution in [0.15, 0.2) is 78.4 Å². The first kappa shape index (κ1) is 34.4. The maximum absolute atomic E-state index is 14.3. The van der Waals surface area contributed by atoms with E-state index < -0.39 is 41.4 Å². The van der Waals surface area contributed by atoms with E-state index in [1.807, 2.05) is 63.2 Å². The van der Waals surface area contributed by atoms with E-state index >= 15 is 0 Å². The van der Waals surface area contributed by atoms with E-state index in [4.69, 9.17) is 5.73 Å². The lowest BCUT2D eigenvalue weighted by molar-refractivity contribution is -0.146.